The summed E-state index contributed by atoms with van der Waals surface area (Å²) in [5.74, 6) is 0.286. The van der Waals surface area contributed by atoms with Crippen molar-refractivity contribution in [1.82, 2.24) is 0 Å². The molecule has 0 aliphatic heterocycles. The molecule has 1 N–H and O–H groups in total. The standard InChI is InChI=1S/C33H23NO/c35-33-21-20-30(28-18-10-11-19-29(28)33)34-31(25-14-6-2-7-15-25)22-27(24-12-4-1-5-13-24)23-32(34)26-16-8-3-9-17-26/h1-23H/p+1. The van der Waals surface area contributed by atoms with E-state index >= 15 is 0 Å². The van der Waals surface area contributed by atoms with Crippen LogP contribution in [0.15, 0.2) is 140 Å². The highest BCUT2D eigenvalue weighted by Gasteiger charge is 2.26. The van der Waals surface area contributed by atoms with Gasteiger partial charge in [-0.1, -0.05) is 84.9 Å². The predicted molar refractivity (Wildman–Crippen MR) is 143 cm³/mol. The van der Waals surface area contributed by atoms with Crippen molar-refractivity contribution >= 4 is 10.8 Å². The summed E-state index contributed by atoms with van der Waals surface area (Å²) in [4.78, 5) is 0. The zero-order valence-electron chi connectivity index (χ0n) is 19.2. The van der Waals surface area contributed by atoms with Crippen molar-refractivity contribution in [2.75, 3.05) is 0 Å². The molecule has 0 radical (unpaired) electrons. The molecule has 0 aliphatic carbocycles. The minimum absolute atomic E-state index is 0.286. The van der Waals surface area contributed by atoms with Crippen molar-refractivity contribution in [1.29, 1.82) is 0 Å². The van der Waals surface area contributed by atoms with Crippen molar-refractivity contribution in [3.63, 3.8) is 0 Å². The number of benzene rings is 5. The number of hydrogen-bond acceptors (Lipinski definition) is 1. The highest BCUT2D eigenvalue weighted by molar-refractivity contribution is 5.93. The maximum Gasteiger partial charge on any atom is 0.219 e. The van der Waals surface area contributed by atoms with Gasteiger partial charge in [0.15, 0.2) is 0 Å². The Morgan fingerprint density at radius 3 is 1.40 bits per heavy atom. The van der Waals surface area contributed by atoms with Crippen molar-refractivity contribution in [2.45, 2.75) is 0 Å². The first-order chi connectivity index (χ1) is 17.3. The molecular weight excluding hydrogens is 426 g/mol. The average Bonchev–Trinajstić information content (AvgIpc) is 2.94. The second-order valence-electron chi connectivity index (χ2n) is 8.60. The topological polar surface area (TPSA) is 24.1 Å². The predicted octanol–water partition coefficient (Wildman–Crippen LogP) is 7.82. The molecule has 35 heavy (non-hydrogen) atoms. The highest BCUT2D eigenvalue weighted by atomic mass is 16.3. The van der Waals surface area contributed by atoms with Gasteiger partial charge in [0.05, 0.1) is 5.39 Å². The van der Waals surface area contributed by atoms with Crippen LogP contribution in [0.25, 0.3) is 50.1 Å². The second-order valence-corrected chi connectivity index (χ2v) is 8.60. The molecule has 6 aromatic rings. The highest BCUT2D eigenvalue weighted by Crippen LogP contribution is 2.33. The van der Waals surface area contributed by atoms with Crippen LogP contribution < -0.4 is 4.57 Å². The van der Waals surface area contributed by atoms with Crippen molar-refractivity contribution < 1.29 is 9.67 Å². The van der Waals surface area contributed by atoms with E-state index in [9.17, 15) is 5.11 Å². The van der Waals surface area contributed by atoms with E-state index in [1.54, 1.807) is 6.07 Å². The van der Waals surface area contributed by atoms with Crippen LogP contribution in [0.1, 0.15) is 0 Å². The lowest BCUT2D eigenvalue weighted by Gasteiger charge is -2.14. The lowest BCUT2D eigenvalue weighted by atomic mass is 9.97. The zero-order chi connectivity index (χ0) is 23.6. The van der Waals surface area contributed by atoms with Gasteiger partial charge >= 0.3 is 0 Å². The zero-order valence-corrected chi connectivity index (χ0v) is 19.2. The van der Waals surface area contributed by atoms with Crippen LogP contribution in [-0.4, -0.2) is 5.11 Å². The molecule has 166 valence electrons. The molecule has 0 aliphatic rings. The Hall–Kier alpha value is -4.69. The number of phenolic OH excluding ortho intramolecular Hbond substituents is 1. The maximum absolute atomic E-state index is 10.6. The number of aromatic nitrogens is 1. The van der Waals surface area contributed by atoms with E-state index in [2.05, 4.69) is 95.6 Å². The fourth-order valence-electron chi connectivity index (χ4n) is 4.76. The summed E-state index contributed by atoms with van der Waals surface area (Å²) in [7, 11) is 0. The van der Waals surface area contributed by atoms with Crippen LogP contribution >= 0.6 is 0 Å². The monoisotopic (exact) mass is 450 g/mol. The molecule has 0 fully saturated rings. The Bertz CT molecular complexity index is 1560. The third-order valence-electron chi connectivity index (χ3n) is 6.43. The van der Waals surface area contributed by atoms with Crippen LogP contribution in [-0.2, 0) is 0 Å². The molecule has 0 amide bonds. The summed E-state index contributed by atoms with van der Waals surface area (Å²) in [6, 6.07) is 47.9. The van der Waals surface area contributed by atoms with Crippen molar-refractivity contribution in [3.8, 4) is 45.1 Å². The van der Waals surface area contributed by atoms with Gasteiger partial charge in [0.2, 0.25) is 17.1 Å². The third-order valence-corrected chi connectivity index (χ3v) is 6.43. The summed E-state index contributed by atoms with van der Waals surface area (Å²) >= 11 is 0. The van der Waals surface area contributed by atoms with Gasteiger partial charge in [0.1, 0.15) is 5.75 Å². The number of phenols is 1. The summed E-state index contributed by atoms with van der Waals surface area (Å²) in [5.41, 5.74) is 7.77. The minimum Gasteiger partial charge on any atom is -0.507 e. The molecule has 1 heterocycles. The fraction of sp³-hybridized carbons (Fsp3) is 0. The first kappa shape index (κ1) is 20.9. The molecule has 0 unspecified atom stereocenters. The van der Waals surface area contributed by atoms with Crippen molar-refractivity contribution in [3.05, 3.63) is 140 Å². The number of fused-ring (bicyclic) bond motifs is 1. The molecule has 2 nitrogen and oxygen atoms in total. The van der Waals surface area contributed by atoms with Crippen LogP contribution in [0.2, 0.25) is 0 Å². The molecule has 2 heteroatoms. The van der Waals surface area contributed by atoms with Gasteiger partial charge in [-0.15, -0.1) is 0 Å². The molecule has 0 spiro atoms. The number of rotatable bonds is 4. The summed E-state index contributed by atoms with van der Waals surface area (Å²) < 4.78 is 2.32. The van der Waals surface area contributed by atoms with E-state index in [1.807, 2.05) is 42.5 Å². The Morgan fingerprint density at radius 1 is 0.400 bits per heavy atom. The van der Waals surface area contributed by atoms with E-state index in [4.69, 9.17) is 0 Å². The van der Waals surface area contributed by atoms with Gasteiger partial charge in [-0.3, -0.25) is 0 Å². The number of aromatic hydroxyl groups is 1. The van der Waals surface area contributed by atoms with Gasteiger partial charge in [-0.05, 0) is 47.5 Å². The molecular formula is C33H24NO+. The van der Waals surface area contributed by atoms with Gasteiger partial charge in [0.25, 0.3) is 0 Å². The quantitative estimate of drug-likeness (QED) is 0.272. The molecule has 5 aromatic carbocycles. The number of pyridine rings is 1. The Balaban J connectivity index is 1.77. The van der Waals surface area contributed by atoms with Crippen LogP contribution in [0.5, 0.6) is 5.75 Å². The van der Waals surface area contributed by atoms with E-state index in [1.165, 1.54) is 5.56 Å². The lowest BCUT2D eigenvalue weighted by Crippen LogP contribution is -2.36. The van der Waals surface area contributed by atoms with Crippen molar-refractivity contribution in [2.24, 2.45) is 0 Å². The van der Waals surface area contributed by atoms with Gasteiger partial charge < -0.3 is 5.11 Å². The third kappa shape index (κ3) is 3.85. The van der Waals surface area contributed by atoms with E-state index in [0.29, 0.717) is 0 Å². The largest absolute Gasteiger partial charge is 0.507 e. The summed E-state index contributed by atoms with van der Waals surface area (Å²) in [5, 5.41) is 12.4. The fourth-order valence-corrected chi connectivity index (χ4v) is 4.76. The molecule has 6 rings (SSSR count). The average molecular weight is 451 g/mol. The first-order valence-corrected chi connectivity index (χ1v) is 11.8. The maximum atomic E-state index is 10.6. The molecule has 0 saturated carbocycles. The molecule has 1 aromatic heterocycles. The molecule has 0 saturated heterocycles. The molecule has 0 bridgehead atoms. The van der Waals surface area contributed by atoms with Crippen LogP contribution in [0, 0.1) is 0 Å². The van der Waals surface area contributed by atoms with E-state index < -0.39 is 0 Å². The normalized spacial score (nSPS) is 11.0. The van der Waals surface area contributed by atoms with E-state index in [0.717, 1.165) is 44.5 Å². The van der Waals surface area contributed by atoms with E-state index in [-0.39, 0.29) is 5.75 Å². The number of hydrogen-bond donors (Lipinski definition) is 1. The van der Waals surface area contributed by atoms with Crippen LogP contribution in [0.3, 0.4) is 0 Å². The Kier molecular flexibility index (Phi) is 5.32. The Labute approximate surface area is 205 Å². The lowest BCUT2D eigenvalue weighted by molar-refractivity contribution is -0.570. The number of nitrogens with zero attached hydrogens (tertiary/aromatic N) is 1. The van der Waals surface area contributed by atoms with Gasteiger partial charge in [-0.25, -0.2) is 0 Å². The van der Waals surface area contributed by atoms with Gasteiger partial charge in [0, 0.05) is 34.7 Å². The van der Waals surface area contributed by atoms with Gasteiger partial charge in [-0.2, -0.15) is 4.57 Å². The SMILES string of the molecule is Oc1ccc(-[n+]2c(-c3ccccc3)cc(-c3ccccc3)cc2-c2ccccc2)c2ccccc12. The minimum atomic E-state index is 0.286. The summed E-state index contributed by atoms with van der Waals surface area (Å²) in [6.45, 7) is 0. The first-order valence-electron chi connectivity index (χ1n) is 11.8. The van der Waals surface area contributed by atoms with Crippen LogP contribution in [0.4, 0.5) is 0 Å². The Morgan fingerprint density at radius 2 is 0.857 bits per heavy atom. The summed E-state index contributed by atoms with van der Waals surface area (Å²) in [6.07, 6.45) is 0. The molecule has 0 atom stereocenters. The second kappa shape index (κ2) is 8.92. The smallest absolute Gasteiger partial charge is 0.219 e.